The van der Waals surface area contributed by atoms with E-state index in [4.69, 9.17) is 38.6 Å². The Balaban J connectivity index is 2.24. The fraction of sp³-hybridized carbons (Fsp3) is 0.273. The third-order valence-electron chi connectivity index (χ3n) is 2.63. The number of hydrogen-bond acceptors (Lipinski definition) is 5. The van der Waals surface area contributed by atoms with Crippen molar-refractivity contribution in [3.05, 3.63) is 34.3 Å². The van der Waals surface area contributed by atoms with Gasteiger partial charge in [-0.05, 0) is 19.1 Å². The Hall–Kier alpha value is -1.02. The first-order chi connectivity index (χ1) is 9.84. The van der Waals surface area contributed by atoms with Crippen molar-refractivity contribution in [2.45, 2.75) is 25.0 Å². The summed E-state index contributed by atoms with van der Waals surface area (Å²) in [5.74, 6) is 0.843. The number of nitrogens with zero attached hydrogens (tertiary/aromatic N) is 3. The Morgan fingerprint density at radius 1 is 1.29 bits per heavy atom. The van der Waals surface area contributed by atoms with Crippen LogP contribution in [0.25, 0.3) is 0 Å². The van der Waals surface area contributed by atoms with Gasteiger partial charge in [0, 0.05) is 17.2 Å². The molecule has 2 aromatic rings. The molecule has 1 heterocycles. The van der Waals surface area contributed by atoms with Crippen LogP contribution in [0.4, 0.5) is 0 Å². The van der Waals surface area contributed by atoms with E-state index in [1.54, 1.807) is 4.68 Å². The van der Waals surface area contributed by atoms with Crippen LogP contribution in [0.2, 0.25) is 10.0 Å². The molecule has 0 atom stereocenters. The summed E-state index contributed by atoms with van der Waals surface area (Å²) >= 11 is 11.9. The Kier molecular flexibility index (Phi) is 4.98. The second-order valence-electron chi connectivity index (χ2n) is 3.91. The SMILES string of the molecule is CCn1ncnc1COc1ccc(S(=O)(=O)Cl)c(Cl)c1Cl. The average molecular weight is 371 g/mol. The summed E-state index contributed by atoms with van der Waals surface area (Å²) in [6, 6.07) is 2.62. The van der Waals surface area contributed by atoms with E-state index in [0.717, 1.165) is 0 Å². The maximum Gasteiger partial charge on any atom is 0.262 e. The van der Waals surface area contributed by atoms with Crippen molar-refractivity contribution in [1.29, 1.82) is 0 Å². The van der Waals surface area contributed by atoms with Crippen molar-refractivity contribution in [3.63, 3.8) is 0 Å². The van der Waals surface area contributed by atoms with Crippen LogP contribution >= 0.6 is 33.9 Å². The summed E-state index contributed by atoms with van der Waals surface area (Å²) in [5.41, 5.74) is 0. The van der Waals surface area contributed by atoms with E-state index in [2.05, 4.69) is 10.1 Å². The van der Waals surface area contributed by atoms with E-state index < -0.39 is 9.05 Å². The molecule has 0 unspecified atom stereocenters. The fourth-order valence-electron chi connectivity index (χ4n) is 1.62. The molecule has 2 rings (SSSR count). The molecule has 0 radical (unpaired) electrons. The molecular formula is C11H10Cl3N3O3S. The number of rotatable bonds is 5. The highest BCUT2D eigenvalue weighted by Crippen LogP contribution is 2.38. The Morgan fingerprint density at radius 3 is 2.62 bits per heavy atom. The molecule has 0 N–H and O–H groups in total. The summed E-state index contributed by atoms with van der Waals surface area (Å²) in [7, 11) is 1.28. The minimum Gasteiger partial charge on any atom is -0.484 e. The number of ether oxygens (including phenoxy) is 1. The van der Waals surface area contributed by atoms with Gasteiger partial charge in [0.05, 0.1) is 5.02 Å². The summed E-state index contributed by atoms with van der Waals surface area (Å²) in [6.07, 6.45) is 1.42. The first kappa shape index (κ1) is 16.4. The number of aromatic nitrogens is 3. The van der Waals surface area contributed by atoms with Gasteiger partial charge in [0.2, 0.25) is 0 Å². The molecule has 0 aliphatic carbocycles. The van der Waals surface area contributed by atoms with Gasteiger partial charge in [-0.15, -0.1) is 0 Å². The van der Waals surface area contributed by atoms with Crippen LogP contribution in [-0.2, 0) is 22.2 Å². The van der Waals surface area contributed by atoms with Gasteiger partial charge in [-0.3, -0.25) is 0 Å². The van der Waals surface area contributed by atoms with Gasteiger partial charge in [-0.1, -0.05) is 23.2 Å². The van der Waals surface area contributed by atoms with Crippen molar-refractivity contribution in [1.82, 2.24) is 14.8 Å². The zero-order valence-corrected chi connectivity index (χ0v) is 13.8. The molecule has 1 aromatic carbocycles. The van der Waals surface area contributed by atoms with Gasteiger partial charge in [0.1, 0.15) is 28.6 Å². The second kappa shape index (κ2) is 6.39. The smallest absolute Gasteiger partial charge is 0.262 e. The van der Waals surface area contributed by atoms with Crippen molar-refractivity contribution < 1.29 is 13.2 Å². The van der Waals surface area contributed by atoms with Crippen LogP contribution in [0.15, 0.2) is 23.4 Å². The van der Waals surface area contributed by atoms with Gasteiger partial charge in [-0.25, -0.2) is 18.1 Å². The Morgan fingerprint density at radius 2 is 2.00 bits per heavy atom. The molecule has 6 nitrogen and oxygen atoms in total. The minimum atomic E-state index is -3.97. The third kappa shape index (κ3) is 3.60. The van der Waals surface area contributed by atoms with Crippen molar-refractivity contribution in [2.75, 3.05) is 0 Å². The van der Waals surface area contributed by atoms with Crippen LogP contribution in [0.3, 0.4) is 0 Å². The van der Waals surface area contributed by atoms with Gasteiger partial charge in [-0.2, -0.15) is 5.10 Å². The lowest BCUT2D eigenvalue weighted by Crippen LogP contribution is -2.07. The topological polar surface area (TPSA) is 74.1 Å². The van der Waals surface area contributed by atoms with Crippen LogP contribution in [-0.4, -0.2) is 23.2 Å². The molecule has 114 valence electrons. The predicted octanol–water partition coefficient (Wildman–Crippen LogP) is 3.11. The zero-order chi connectivity index (χ0) is 15.6. The van der Waals surface area contributed by atoms with Crippen molar-refractivity contribution >= 4 is 42.9 Å². The van der Waals surface area contributed by atoms with E-state index in [9.17, 15) is 8.42 Å². The maximum atomic E-state index is 11.3. The molecule has 0 aliphatic rings. The fourth-order valence-corrected chi connectivity index (χ4v) is 3.41. The summed E-state index contributed by atoms with van der Waals surface area (Å²) in [6.45, 7) is 2.69. The standard InChI is InChI=1S/C11H10Cl3N3O3S/c1-2-17-9(15-6-16-17)5-20-7-3-4-8(21(14,18)19)11(13)10(7)12/h3-4,6H,2,5H2,1H3. The van der Waals surface area contributed by atoms with E-state index in [-0.39, 0.29) is 27.3 Å². The molecule has 1 aromatic heterocycles. The van der Waals surface area contributed by atoms with Crippen LogP contribution in [0.1, 0.15) is 12.7 Å². The largest absolute Gasteiger partial charge is 0.484 e. The molecule has 0 saturated heterocycles. The number of benzene rings is 1. The monoisotopic (exact) mass is 369 g/mol. The summed E-state index contributed by atoms with van der Waals surface area (Å²) in [5, 5.41) is 3.80. The Labute approximate surface area is 136 Å². The highest BCUT2D eigenvalue weighted by Gasteiger charge is 2.20. The molecule has 10 heteroatoms. The lowest BCUT2D eigenvalue weighted by Gasteiger charge is -2.10. The lowest BCUT2D eigenvalue weighted by atomic mass is 10.3. The molecule has 0 fully saturated rings. The lowest BCUT2D eigenvalue weighted by molar-refractivity contribution is 0.287. The summed E-state index contributed by atoms with van der Waals surface area (Å²) < 4.78 is 29.8. The van der Waals surface area contributed by atoms with Gasteiger partial charge in [0.25, 0.3) is 9.05 Å². The number of hydrogen-bond donors (Lipinski definition) is 0. The normalized spacial score (nSPS) is 11.6. The number of halogens is 3. The third-order valence-corrected chi connectivity index (χ3v) is 4.97. The molecule has 0 amide bonds. The van der Waals surface area contributed by atoms with Crippen LogP contribution in [0, 0.1) is 0 Å². The minimum absolute atomic E-state index is 0.0269. The van der Waals surface area contributed by atoms with E-state index in [1.165, 1.54) is 18.5 Å². The molecular weight excluding hydrogens is 361 g/mol. The van der Waals surface area contributed by atoms with Crippen molar-refractivity contribution in [2.24, 2.45) is 0 Å². The zero-order valence-electron chi connectivity index (χ0n) is 10.8. The first-order valence-electron chi connectivity index (χ1n) is 5.76. The molecule has 0 spiro atoms. The van der Waals surface area contributed by atoms with E-state index in [0.29, 0.717) is 12.4 Å². The van der Waals surface area contributed by atoms with E-state index >= 15 is 0 Å². The van der Waals surface area contributed by atoms with Crippen molar-refractivity contribution in [3.8, 4) is 5.75 Å². The van der Waals surface area contributed by atoms with Gasteiger partial charge in [0.15, 0.2) is 5.82 Å². The van der Waals surface area contributed by atoms with Gasteiger partial charge >= 0.3 is 0 Å². The van der Waals surface area contributed by atoms with Crippen LogP contribution < -0.4 is 4.74 Å². The first-order valence-corrected chi connectivity index (χ1v) is 8.83. The Bertz CT molecular complexity index is 761. The second-order valence-corrected chi connectivity index (χ2v) is 7.20. The molecule has 0 bridgehead atoms. The predicted molar refractivity (Wildman–Crippen MR) is 79.5 cm³/mol. The maximum absolute atomic E-state index is 11.3. The van der Waals surface area contributed by atoms with Gasteiger partial charge < -0.3 is 4.74 Å². The quantitative estimate of drug-likeness (QED) is 0.756. The highest BCUT2D eigenvalue weighted by atomic mass is 35.7. The summed E-state index contributed by atoms with van der Waals surface area (Å²) in [4.78, 5) is 3.78. The van der Waals surface area contributed by atoms with Crippen LogP contribution in [0.5, 0.6) is 5.75 Å². The molecule has 0 saturated carbocycles. The average Bonchev–Trinajstić information content (AvgIpc) is 2.86. The highest BCUT2D eigenvalue weighted by molar-refractivity contribution is 8.13. The van der Waals surface area contributed by atoms with E-state index in [1.807, 2.05) is 6.92 Å². The number of aryl methyl sites for hydroxylation is 1. The molecule has 21 heavy (non-hydrogen) atoms. The molecule has 0 aliphatic heterocycles.